The van der Waals surface area contributed by atoms with Gasteiger partial charge < -0.3 is 10.1 Å². The van der Waals surface area contributed by atoms with Crippen molar-refractivity contribution in [1.82, 2.24) is 4.98 Å². The van der Waals surface area contributed by atoms with E-state index in [1.807, 2.05) is 36.9 Å². The predicted molar refractivity (Wildman–Crippen MR) is 73.8 cm³/mol. The Morgan fingerprint density at radius 2 is 2.18 bits per heavy atom. The van der Waals surface area contributed by atoms with Crippen LogP contribution in [0.5, 0.6) is 0 Å². The first-order valence-electron chi connectivity index (χ1n) is 6.05. The van der Waals surface area contributed by atoms with Crippen LogP contribution < -0.4 is 5.32 Å². The second-order valence-corrected chi connectivity index (χ2v) is 5.79. The van der Waals surface area contributed by atoms with Crippen molar-refractivity contribution in [2.45, 2.75) is 24.5 Å². The first-order valence-corrected chi connectivity index (χ1v) is 7.27. The molecule has 1 fully saturated rings. The number of nitrogens with zero attached hydrogens (tertiary/aromatic N) is 1. The summed E-state index contributed by atoms with van der Waals surface area (Å²) in [7, 11) is 0. The molecule has 1 aliphatic rings. The molecule has 1 aromatic rings. The van der Waals surface area contributed by atoms with Gasteiger partial charge in [0.25, 0.3) is 0 Å². The number of pyridine rings is 1. The fourth-order valence-corrected chi connectivity index (χ4v) is 2.88. The van der Waals surface area contributed by atoms with Crippen molar-refractivity contribution in [3.05, 3.63) is 23.9 Å². The van der Waals surface area contributed by atoms with Crippen LogP contribution in [0.25, 0.3) is 0 Å². The molecular weight excluding hydrogens is 232 g/mol. The minimum Gasteiger partial charge on any atom is -0.381 e. The molecule has 0 spiro atoms. The van der Waals surface area contributed by atoms with E-state index in [-0.39, 0.29) is 0 Å². The van der Waals surface area contributed by atoms with Crippen molar-refractivity contribution in [2.24, 2.45) is 0 Å². The van der Waals surface area contributed by atoms with Gasteiger partial charge in [-0.3, -0.25) is 0 Å². The molecule has 1 aromatic heterocycles. The molecule has 0 unspecified atom stereocenters. The summed E-state index contributed by atoms with van der Waals surface area (Å²) < 4.78 is 5.75. The third kappa shape index (κ3) is 3.36. The Balaban J connectivity index is 1.95. The number of aromatic nitrogens is 1. The van der Waals surface area contributed by atoms with Gasteiger partial charge in [0, 0.05) is 30.2 Å². The van der Waals surface area contributed by atoms with E-state index >= 15 is 0 Å². The average Bonchev–Trinajstić information content (AvgIpc) is 2.38. The van der Waals surface area contributed by atoms with Gasteiger partial charge in [0.2, 0.25) is 0 Å². The normalized spacial score (nSPS) is 18.9. The van der Waals surface area contributed by atoms with Gasteiger partial charge in [-0.1, -0.05) is 6.07 Å². The maximum Gasteiger partial charge on any atom is 0.126 e. The third-order valence-corrected chi connectivity index (χ3v) is 4.74. The molecule has 94 valence electrons. The SMILES string of the molecule is CSC1(CNc2cccc(C)n2)CCOCC1. The Labute approximate surface area is 107 Å². The monoisotopic (exact) mass is 252 g/mol. The molecule has 1 aliphatic heterocycles. The van der Waals surface area contributed by atoms with Crippen LogP contribution in [0, 0.1) is 6.92 Å². The maximum absolute atomic E-state index is 5.44. The number of aryl methyl sites for hydroxylation is 1. The summed E-state index contributed by atoms with van der Waals surface area (Å²) in [5.74, 6) is 0.977. The topological polar surface area (TPSA) is 34.2 Å². The van der Waals surface area contributed by atoms with Crippen molar-refractivity contribution in [3.8, 4) is 0 Å². The molecule has 0 radical (unpaired) electrons. The summed E-state index contributed by atoms with van der Waals surface area (Å²) >= 11 is 1.95. The summed E-state index contributed by atoms with van der Waals surface area (Å²) in [4.78, 5) is 4.47. The van der Waals surface area contributed by atoms with Gasteiger partial charge in [-0.2, -0.15) is 11.8 Å². The zero-order valence-corrected chi connectivity index (χ0v) is 11.3. The largest absolute Gasteiger partial charge is 0.381 e. The highest BCUT2D eigenvalue weighted by molar-refractivity contribution is 8.00. The van der Waals surface area contributed by atoms with Crippen LogP contribution in [0.2, 0.25) is 0 Å². The zero-order chi connectivity index (χ0) is 12.1. The molecule has 0 atom stereocenters. The highest BCUT2D eigenvalue weighted by Crippen LogP contribution is 2.33. The molecule has 1 saturated heterocycles. The van der Waals surface area contributed by atoms with Crippen LogP contribution >= 0.6 is 11.8 Å². The van der Waals surface area contributed by atoms with Crippen LogP contribution in [0.3, 0.4) is 0 Å². The standard InChI is InChI=1S/C13H20N2OS/c1-11-4-3-5-12(15-11)14-10-13(17-2)6-8-16-9-7-13/h3-5H,6-10H2,1-2H3,(H,14,15). The number of anilines is 1. The van der Waals surface area contributed by atoms with E-state index < -0.39 is 0 Å². The molecule has 2 heterocycles. The maximum atomic E-state index is 5.44. The van der Waals surface area contributed by atoms with Gasteiger partial charge in [-0.05, 0) is 38.2 Å². The summed E-state index contributed by atoms with van der Waals surface area (Å²) in [6.45, 7) is 4.74. The van der Waals surface area contributed by atoms with E-state index in [2.05, 4.69) is 16.6 Å². The number of nitrogens with one attached hydrogen (secondary N) is 1. The second kappa shape index (κ2) is 5.74. The second-order valence-electron chi connectivity index (χ2n) is 4.52. The van der Waals surface area contributed by atoms with Gasteiger partial charge >= 0.3 is 0 Å². The number of thioether (sulfide) groups is 1. The van der Waals surface area contributed by atoms with E-state index in [1.54, 1.807) is 0 Å². The lowest BCUT2D eigenvalue weighted by Crippen LogP contribution is -2.39. The molecule has 17 heavy (non-hydrogen) atoms. The van der Waals surface area contributed by atoms with Gasteiger partial charge in [0.1, 0.15) is 5.82 Å². The van der Waals surface area contributed by atoms with E-state index in [0.29, 0.717) is 4.75 Å². The predicted octanol–water partition coefficient (Wildman–Crippen LogP) is 2.71. The van der Waals surface area contributed by atoms with Crippen molar-refractivity contribution in [3.63, 3.8) is 0 Å². The first kappa shape index (κ1) is 12.7. The summed E-state index contributed by atoms with van der Waals surface area (Å²) in [5.41, 5.74) is 1.06. The fourth-order valence-electron chi connectivity index (χ4n) is 2.09. The number of hydrogen-bond acceptors (Lipinski definition) is 4. The Hall–Kier alpha value is -0.740. The summed E-state index contributed by atoms with van der Waals surface area (Å²) in [6.07, 6.45) is 4.43. The van der Waals surface area contributed by atoms with Gasteiger partial charge in [-0.15, -0.1) is 0 Å². The van der Waals surface area contributed by atoms with Gasteiger partial charge in [0.05, 0.1) is 0 Å². The molecule has 0 saturated carbocycles. The Kier molecular flexibility index (Phi) is 4.29. The lowest BCUT2D eigenvalue weighted by Gasteiger charge is -2.35. The molecule has 2 rings (SSSR count). The fraction of sp³-hybridized carbons (Fsp3) is 0.615. The minimum absolute atomic E-state index is 0.309. The number of hydrogen-bond donors (Lipinski definition) is 1. The average molecular weight is 252 g/mol. The molecular formula is C13H20N2OS. The van der Waals surface area contributed by atoms with Crippen molar-refractivity contribution < 1.29 is 4.74 Å². The van der Waals surface area contributed by atoms with E-state index in [1.165, 1.54) is 0 Å². The highest BCUT2D eigenvalue weighted by Gasteiger charge is 2.31. The summed E-state index contributed by atoms with van der Waals surface area (Å²) in [6, 6.07) is 6.09. The quantitative estimate of drug-likeness (QED) is 0.893. The Bertz CT molecular complexity index is 364. The van der Waals surface area contributed by atoms with Crippen LogP contribution in [-0.2, 0) is 4.74 Å². The Morgan fingerprint density at radius 1 is 1.41 bits per heavy atom. The third-order valence-electron chi connectivity index (χ3n) is 3.32. The van der Waals surface area contributed by atoms with Crippen LogP contribution in [0.1, 0.15) is 18.5 Å². The molecule has 1 N–H and O–H groups in total. The molecule has 4 heteroatoms. The molecule has 3 nitrogen and oxygen atoms in total. The van der Waals surface area contributed by atoms with Crippen LogP contribution in [0.15, 0.2) is 18.2 Å². The van der Waals surface area contributed by atoms with Gasteiger partial charge in [0.15, 0.2) is 0 Å². The van der Waals surface area contributed by atoms with Crippen molar-refractivity contribution in [2.75, 3.05) is 31.3 Å². The highest BCUT2D eigenvalue weighted by atomic mass is 32.2. The van der Waals surface area contributed by atoms with E-state index in [0.717, 1.165) is 44.1 Å². The van der Waals surface area contributed by atoms with Crippen molar-refractivity contribution >= 4 is 17.6 Å². The molecule has 0 aliphatic carbocycles. The summed E-state index contributed by atoms with van der Waals surface area (Å²) in [5, 5.41) is 3.46. The van der Waals surface area contributed by atoms with E-state index in [9.17, 15) is 0 Å². The number of rotatable bonds is 4. The molecule has 0 bridgehead atoms. The van der Waals surface area contributed by atoms with Gasteiger partial charge in [-0.25, -0.2) is 4.98 Å². The first-order chi connectivity index (χ1) is 8.24. The van der Waals surface area contributed by atoms with Crippen molar-refractivity contribution in [1.29, 1.82) is 0 Å². The lowest BCUT2D eigenvalue weighted by atomic mass is 9.99. The molecule has 0 amide bonds. The van der Waals surface area contributed by atoms with Crippen LogP contribution in [0.4, 0.5) is 5.82 Å². The Morgan fingerprint density at radius 3 is 2.82 bits per heavy atom. The zero-order valence-electron chi connectivity index (χ0n) is 10.5. The smallest absolute Gasteiger partial charge is 0.126 e. The number of ether oxygens (including phenoxy) is 1. The van der Waals surface area contributed by atoms with E-state index in [4.69, 9.17) is 4.74 Å². The van der Waals surface area contributed by atoms with Crippen LogP contribution in [-0.4, -0.2) is 35.7 Å². The lowest BCUT2D eigenvalue weighted by molar-refractivity contribution is 0.0802. The minimum atomic E-state index is 0.309. The molecule has 0 aromatic carbocycles.